The fraction of sp³-hybridized carbons (Fsp3) is 0.216. The SMILES string of the molecule is COc1ccc(CCN2C(=O)c3oc4cc(C)c(C)cc4c(=O)c3C23C(=O)N(Cc2ccc(Cl)cc2)c2ccccc23)cc1OC. The van der Waals surface area contributed by atoms with Gasteiger partial charge in [-0.2, -0.15) is 0 Å². The Morgan fingerprint density at radius 1 is 0.826 bits per heavy atom. The second kappa shape index (κ2) is 11.1. The molecule has 4 aromatic carbocycles. The molecule has 2 aliphatic heterocycles. The van der Waals surface area contributed by atoms with E-state index in [2.05, 4.69) is 0 Å². The first kappa shape index (κ1) is 29.6. The van der Waals surface area contributed by atoms with Gasteiger partial charge < -0.3 is 23.7 Å². The summed E-state index contributed by atoms with van der Waals surface area (Å²) in [5.41, 5.74) is 2.99. The number of aryl methyl sites for hydroxylation is 2. The van der Waals surface area contributed by atoms with Crippen LogP contribution in [0.25, 0.3) is 11.0 Å². The van der Waals surface area contributed by atoms with Crippen LogP contribution in [0, 0.1) is 13.8 Å². The van der Waals surface area contributed by atoms with Crippen molar-refractivity contribution >= 4 is 40.1 Å². The number of methoxy groups -OCH3 is 2. The smallest absolute Gasteiger partial charge is 0.291 e. The molecule has 0 N–H and O–H groups in total. The van der Waals surface area contributed by atoms with Gasteiger partial charge in [-0.25, -0.2) is 0 Å². The summed E-state index contributed by atoms with van der Waals surface area (Å²) < 4.78 is 17.2. The molecule has 0 saturated heterocycles. The van der Waals surface area contributed by atoms with Crippen molar-refractivity contribution in [2.75, 3.05) is 25.7 Å². The van der Waals surface area contributed by atoms with Crippen molar-refractivity contribution in [2.24, 2.45) is 0 Å². The van der Waals surface area contributed by atoms with E-state index in [9.17, 15) is 9.59 Å². The lowest BCUT2D eigenvalue weighted by Crippen LogP contribution is -2.53. The summed E-state index contributed by atoms with van der Waals surface area (Å²) in [5.74, 6) is 0.125. The molecule has 3 heterocycles. The molecular weight excluding hydrogens is 604 g/mol. The standard InChI is InChI=1S/C37H31ClN2O6/c1-21-17-26-30(18-22(21)2)46-34-32(33(26)41)37(40(35(34)42)16-15-23-11-14-29(44-3)31(19-23)45-4)27-7-5-6-8-28(27)39(36(37)43)20-24-9-12-25(38)13-10-24/h5-14,17-19H,15-16,20H2,1-4H3. The minimum Gasteiger partial charge on any atom is -0.493 e. The van der Waals surface area contributed by atoms with Crippen LogP contribution >= 0.6 is 11.6 Å². The molecule has 8 nitrogen and oxygen atoms in total. The molecule has 0 aliphatic carbocycles. The van der Waals surface area contributed by atoms with E-state index in [1.165, 1.54) is 4.90 Å². The lowest BCUT2D eigenvalue weighted by atomic mass is 9.83. The van der Waals surface area contributed by atoms with Crippen molar-refractivity contribution in [1.29, 1.82) is 0 Å². The van der Waals surface area contributed by atoms with Gasteiger partial charge in [-0.15, -0.1) is 0 Å². The van der Waals surface area contributed by atoms with Crippen LogP contribution in [0.15, 0.2) is 88.1 Å². The van der Waals surface area contributed by atoms with Gasteiger partial charge >= 0.3 is 0 Å². The first-order valence-electron chi connectivity index (χ1n) is 15.0. The summed E-state index contributed by atoms with van der Waals surface area (Å²) in [4.78, 5) is 47.3. The van der Waals surface area contributed by atoms with Crippen LogP contribution in [-0.4, -0.2) is 37.5 Å². The molecule has 7 rings (SSSR count). The molecular formula is C37H31ClN2O6. The van der Waals surface area contributed by atoms with E-state index >= 15 is 4.79 Å². The van der Waals surface area contributed by atoms with E-state index in [-0.39, 0.29) is 24.4 Å². The van der Waals surface area contributed by atoms with Gasteiger partial charge in [0, 0.05) is 17.1 Å². The van der Waals surface area contributed by atoms with Crippen LogP contribution in [0.2, 0.25) is 5.02 Å². The number of halogens is 1. The maximum absolute atomic E-state index is 15.1. The molecule has 0 bridgehead atoms. The molecule has 2 amide bonds. The highest BCUT2D eigenvalue weighted by Gasteiger charge is 2.64. The number of para-hydroxylation sites is 1. The summed E-state index contributed by atoms with van der Waals surface area (Å²) in [7, 11) is 3.13. The van der Waals surface area contributed by atoms with Crippen LogP contribution in [0.1, 0.15) is 43.9 Å². The Bertz CT molecular complexity index is 2120. The van der Waals surface area contributed by atoms with Crippen LogP contribution < -0.4 is 19.8 Å². The maximum Gasteiger partial charge on any atom is 0.291 e. The van der Waals surface area contributed by atoms with E-state index in [0.29, 0.717) is 45.2 Å². The van der Waals surface area contributed by atoms with E-state index in [1.54, 1.807) is 49.5 Å². The number of hydrogen-bond acceptors (Lipinski definition) is 6. The summed E-state index contributed by atoms with van der Waals surface area (Å²) >= 11 is 6.15. The predicted octanol–water partition coefficient (Wildman–Crippen LogP) is 6.57. The average Bonchev–Trinajstić information content (AvgIpc) is 3.45. The minimum absolute atomic E-state index is 0.0524. The zero-order valence-electron chi connectivity index (χ0n) is 25.8. The average molecular weight is 635 g/mol. The van der Waals surface area contributed by atoms with Crippen molar-refractivity contribution < 1.29 is 23.5 Å². The summed E-state index contributed by atoms with van der Waals surface area (Å²) in [6.45, 7) is 4.19. The van der Waals surface area contributed by atoms with Crippen molar-refractivity contribution in [3.63, 3.8) is 0 Å². The van der Waals surface area contributed by atoms with Gasteiger partial charge in [0.2, 0.25) is 5.76 Å². The van der Waals surface area contributed by atoms with Crippen LogP contribution in [0.3, 0.4) is 0 Å². The predicted molar refractivity (Wildman–Crippen MR) is 176 cm³/mol. The second-order valence-electron chi connectivity index (χ2n) is 11.7. The molecule has 1 spiro atoms. The van der Waals surface area contributed by atoms with Crippen molar-refractivity contribution in [3.8, 4) is 11.5 Å². The lowest BCUT2D eigenvalue weighted by molar-refractivity contribution is -0.126. The largest absolute Gasteiger partial charge is 0.493 e. The quantitative estimate of drug-likeness (QED) is 0.201. The molecule has 2 aliphatic rings. The number of carbonyl (C=O) groups is 2. The number of hydrogen-bond donors (Lipinski definition) is 0. The Balaban J connectivity index is 1.43. The Hall–Kier alpha value is -5.08. The van der Waals surface area contributed by atoms with Gasteiger partial charge in [-0.3, -0.25) is 14.4 Å². The lowest BCUT2D eigenvalue weighted by Gasteiger charge is -2.34. The molecule has 0 fully saturated rings. The molecule has 1 unspecified atom stereocenters. The van der Waals surface area contributed by atoms with Gasteiger partial charge in [0.25, 0.3) is 11.8 Å². The summed E-state index contributed by atoms with van der Waals surface area (Å²) in [6, 6.07) is 23.7. The van der Waals surface area contributed by atoms with Gasteiger partial charge in [0.15, 0.2) is 22.5 Å². The van der Waals surface area contributed by atoms with E-state index in [4.69, 9.17) is 25.5 Å². The summed E-state index contributed by atoms with van der Waals surface area (Å²) in [6.07, 6.45) is 0.375. The number of benzene rings is 4. The fourth-order valence-electron chi connectivity index (χ4n) is 6.75. The first-order valence-corrected chi connectivity index (χ1v) is 15.3. The van der Waals surface area contributed by atoms with E-state index in [0.717, 1.165) is 22.3 Å². The molecule has 5 aromatic rings. The third kappa shape index (κ3) is 4.31. The van der Waals surface area contributed by atoms with Crippen molar-refractivity contribution in [2.45, 2.75) is 32.4 Å². The second-order valence-corrected chi connectivity index (χ2v) is 12.1. The first-order chi connectivity index (χ1) is 22.2. The number of rotatable bonds is 7. The zero-order chi connectivity index (χ0) is 32.3. The number of amides is 2. The number of fused-ring (bicyclic) bond motifs is 5. The Labute approximate surface area is 270 Å². The number of nitrogens with zero attached hydrogens (tertiary/aromatic N) is 2. The monoisotopic (exact) mass is 634 g/mol. The van der Waals surface area contributed by atoms with Gasteiger partial charge in [0.05, 0.1) is 37.4 Å². The molecule has 0 saturated carbocycles. The Kier molecular flexibility index (Phi) is 7.13. The topological polar surface area (TPSA) is 89.3 Å². The van der Waals surface area contributed by atoms with Gasteiger partial charge in [-0.05, 0) is 85.0 Å². The molecule has 1 atom stereocenters. The van der Waals surface area contributed by atoms with Crippen LogP contribution in [0.5, 0.6) is 11.5 Å². The molecule has 46 heavy (non-hydrogen) atoms. The minimum atomic E-state index is -1.72. The number of ether oxygens (including phenoxy) is 2. The molecule has 0 radical (unpaired) electrons. The molecule has 9 heteroatoms. The maximum atomic E-state index is 15.1. The van der Waals surface area contributed by atoms with Gasteiger partial charge in [0.1, 0.15) is 5.58 Å². The number of carbonyl (C=O) groups excluding carboxylic acids is 2. The van der Waals surface area contributed by atoms with Crippen molar-refractivity contribution in [1.82, 2.24) is 4.90 Å². The summed E-state index contributed by atoms with van der Waals surface area (Å²) in [5, 5.41) is 0.914. The Morgan fingerprint density at radius 3 is 2.26 bits per heavy atom. The van der Waals surface area contributed by atoms with E-state index < -0.39 is 22.8 Å². The normalized spacial score (nSPS) is 16.8. The van der Waals surface area contributed by atoms with Crippen LogP contribution in [-0.2, 0) is 23.3 Å². The van der Waals surface area contributed by atoms with Crippen LogP contribution in [0.4, 0.5) is 5.69 Å². The Morgan fingerprint density at radius 2 is 1.52 bits per heavy atom. The highest BCUT2D eigenvalue weighted by Crippen LogP contribution is 2.53. The van der Waals surface area contributed by atoms with E-state index in [1.807, 2.05) is 62.4 Å². The highest BCUT2D eigenvalue weighted by molar-refractivity contribution is 6.30. The van der Waals surface area contributed by atoms with Gasteiger partial charge in [-0.1, -0.05) is 48.0 Å². The fourth-order valence-corrected chi connectivity index (χ4v) is 6.88. The van der Waals surface area contributed by atoms with Crippen molar-refractivity contribution in [3.05, 3.63) is 133 Å². The highest BCUT2D eigenvalue weighted by atomic mass is 35.5. The molecule has 1 aromatic heterocycles. The third-order valence-corrected chi connectivity index (χ3v) is 9.43. The molecule has 232 valence electrons. The zero-order valence-corrected chi connectivity index (χ0v) is 26.6. The third-order valence-electron chi connectivity index (χ3n) is 9.18. The number of anilines is 1.